The number of hydrogen-bond donors (Lipinski definition) is 1. The van der Waals surface area contributed by atoms with Gasteiger partial charge in [-0.25, -0.2) is 9.97 Å². The lowest BCUT2D eigenvalue weighted by Crippen LogP contribution is -1.97. The monoisotopic (exact) mass is 403 g/mol. The highest BCUT2D eigenvalue weighted by molar-refractivity contribution is 6.05. The molecule has 5 rings (SSSR count). The molecule has 0 unspecified atom stereocenters. The van der Waals surface area contributed by atoms with Crippen molar-refractivity contribution in [1.29, 1.82) is 0 Å². The van der Waals surface area contributed by atoms with Crippen LogP contribution >= 0.6 is 0 Å². The summed E-state index contributed by atoms with van der Waals surface area (Å²) in [6.07, 6.45) is 4.62. The highest BCUT2D eigenvalue weighted by atomic mass is 16.5. The van der Waals surface area contributed by atoms with Crippen molar-refractivity contribution in [2.24, 2.45) is 0 Å². The van der Waals surface area contributed by atoms with Crippen molar-refractivity contribution in [1.82, 2.24) is 9.97 Å². The van der Waals surface area contributed by atoms with Crippen molar-refractivity contribution in [2.45, 2.75) is 0 Å². The molecule has 4 heterocycles. The number of anilines is 2. The Balaban J connectivity index is 1.71. The molecular weight excluding hydrogens is 386 g/mol. The summed E-state index contributed by atoms with van der Waals surface area (Å²) in [5.41, 5.74) is 1.83. The van der Waals surface area contributed by atoms with Crippen LogP contribution in [-0.2, 0) is 0 Å². The number of benzene rings is 1. The van der Waals surface area contributed by atoms with Gasteiger partial charge < -0.3 is 28.0 Å². The predicted octanol–water partition coefficient (Wildman–Crippen LogP) is 5.50. The first-order valence-corrected chi connectivity index (χ1v) is 9.12. The number of nitrogens with zero attached hydrogens (tertiary/aromatic N) is 2. The maximum Gasteiger partial charge on any atom is 0.232 e. The SMILES string of the molecule is COc1cc(Nc2ncnc3oc(-c4ccco4)c(-c4ccco4)c23)cc(OC)c1. The van der Waals surface area contributed by atoms with E-state index in [2.05, 4.69) is 15.3 Å². The summed E-state index contributed by atoms with van der Waals surface area (Å²) in [6, 6.07) is 12.8. The number of fused-ring (bicyclic) bond motifs is 1. The minimum Gasteiger partial charge on any atom is -0.497 e. The molecule has 0 saturated heterocycles. The van der Waals surface area contributed by atoms with Gasteiger partial charge >= 0.3 is 0 Å². The molecule has 0 spiro atoms. The highest BCUT2D eigenvalue weighted by Crippen LogP contribution is 2.43. The molecule has 8 nitrogen and oxygen atoms in total. The molecule has 0 saturated carbocycles. The Morgan fingerprint density at radius 2 is 1.57 bits per heavy atom. The lowest BCUT2D eigenvalue weighted by molar-refractivity contribution is 0.395. The third kappa shape index (κ3) is 3.04. The second-order valence-corrected chi connectivity index (χ2v) is 6.39. The molecule has 8 heteroatoms. The molecule has 4 aromatic heterocycles. The summed E-state index contributed by atoms with van der Waals surface area (Å²) in [5, 5.41) is 3.98. The minimum atomic E-state index is 0.403. The Morgan fingerprint density at radius 1 is 0.867 bits per heavy atom. The topological polar surface area (TPSA) is 95.7 Å². The van der Waals surface area contributed by atoms with Gasteiger partial charge in [0.25, 0.3) is 0 Å². The van der Waals surface area contributed by atoms with Gasteiger partial charge in [0, 0.05) is 23.9 Å². The van der Waals surface area contributed by atoms with Crippen molar-refractivity contribution in [3.05, 3.63) is 61.3 Å². The fourth-order valence-corrected chi connectivity index (χ4v) is 3.28. The maximum absolute atomic E-state index is 6.04. The van der Waals surface area contributed by atoms with E-state index in [0.717, 1.165) is 5.69 Å². The van der Waals surface area contributed by atoms with Gasteiger partial charge in [0.2, 0.25) is 5.71 Å². The zero-order valence-corrected chi connectivity index (χ0v) is 16.2. The van der Waals surface area contributed by atoms with E-state index in [9.17, 15) is 0 Å². The fraction of sp³-hybridized carbons (Fsp3) is 0.0909. The Labute approximate surface area is 171 Å². The Morgan fingerprint density at radius 3 is 2.20 bits per heavy atom. The molecule has 0 radical (unpaired) electrons. The summed E-state index contributed by atoms with van der Waals surface area (Å²) in [5.74, 6) is 3.53. The van der Waals surface area contributed by atoms with Gasteiger partial charge in [0.1, 0.15) is 29.4 Å². The predicted molar refractivity (Wildman–Crippen MR) is 110 cm³/mol. The maximum atomic E-state index is 6.04. The van der Waals surface area contributed by atoms with E-state index in [1.165, 1.54) is 6.33 Å². The van der Waals surface area contributed by atoms with E-state index in [1.54, 1.807) is 38.9 Å². The summed E-state index contributed by atoms with van der Waals surface area (Å²) in [7, 11) is 3.20. The minimum absolute atomic E-state index is 0.403. The zero-order chi connectivity index (χ0) is 20.5. The normalized spacial score (nSPS) is 11.0. The lowest BCUT2D eigenvalue weighted by Gasteiger charge is -2.11. The summed E-state index contributed by atoms with van der Waals surface area (Å²) in [4.78, 5) is 8.74. The lowest BCUT2D eigenvalue weighted by atomic mass is 10.1. The molecule has 0 atom stereocenters. The van der Waals surface area contributed by atoms with Crippen LogP contribution in [0.1, 0.15) is 0 Å². The number of hydrogen-bond acceptors (Lipinski definition) is 8. The molecule has 0 aliphatic heterocycles. The van der Waals surface area contributed by atoms with Crippen molar-refractivity contribution >= 4 is 22.6 Å². The smallest absolute Gasteiger partial charge is 0.232 e. The first-order chi connectivity index (χ1) is 14.8. The van der Waals surface area contributed by atoms with Gasteiger partial charge in [-0.15, -0.1) is 0 Å². The van der Waals surface area contributed by atoms with Crippen LogP contribution in [0.25, 0.3) is 33.9 Å². The number of methoxy groups -OCH3 is 2. The van der Waals surface area contributed by atoms with Crippen molar-refractivity contribution in [3.63, 3.8) is 0 Å². The van der Waals surface area contributed by atoms with Crippen molar-refractivity contribution in [3.8, 4) is 34.3 Å². The molecule has 0 aliphatic rings. The van der Waals surface area contributed by atoms with E-state index in [0.29, 0.717) is 51.3 Å². The van der Waals surface area contributed by atoms with Crippen LogP contribution in [0.3, 0.4) is 0 Å². The molecule has 5 aromatic rings. The first-order valence-electron chi connectivity index (χ1n) is 9.12. The van der Waals surface area contributed by atoms with Crippen LogP contribution in [0.5, 0.6) is 11.5 Å². The van der Waals surface area contributed by atoms with Crippen LogP contribution in [0.15, 0.2) is 74.6 Å². The largest absolute Gasteiger partial charge is 0.497 e. The van der Waals surface area contributed by atoms with Crippen molar-refractivity contribution < 1.29 is 22.7 Å². The summed E-state index contributed by atoms with van der Waals surface area (Å²) < 4.78 is 28.0. The quantitative estimate of drug-likeness (QED) is 0.397. The zero-order valence-electron chi connectivity index (χ0n) is 16.2. The van der Waals surface area contributed by atoms with Gasteiger partial charge in [-0.2, -0.15) is 0 Å². The van der Waals surface area contributed by atoms with E-state index in [4.69, 9.17) is 22.7 Å². The third-order valence-electron chi connectivity index (χ3n) is 4.62. The summed E-state index contributed by atoms with van der Waals surface area (Å²) >= 11 is 0. The third-order valence-corrected chi connectivity index (χ3v) is 4.62. The number of nitrogens with one attached hydrogen (secondary N) is 1. The average Bonchev–Trinajstić information content (AvgIpc) is 3.53. The van der Waals surface area contributed by atoms with E-state index in [-0.39, 0.29) is 0 Å². The van der Waals surface area contributed by atoms with Crippen LogP contribution in [0.4, 0.5) is 11.5 Å². The highest BCUT2D eigenvalue weighted by Gasteiger charge is 2.25. The molecule has 0 bridgehead atoms. The molecule has 1 aromatic carbocycles. The molecule has 1 N–H and O–H groups in total. The number of aromatic nitrogens is 2. The van der Waals surface area contributed by atoms with Gasteiger partial charge in [-0.3, -0.25) is 0 Å². The Hall–Kier alpha value is -4.20. The Kier molecular flexibility index (Phi) is 4.36. The summed E-state index contributed by atoms with van der Waals surface area (Å²) in [6.45, 7) is 0. The van der Waals surface area contributed by atoms with Crippen LogP contribution in [-0.4, -0.2) is 24.2 Å². The van der Waals surface area contributed by atoms with Gasteiger partial charge in [0.15, 0.2) is 11.5 Å². The Bertz CT molecular complexity index is 1270. The standard InChI is InChI=1S/C22H17N3O5/c1-26-14-9-13(10-15(11-14)27-2)25-21-19-18(16-5-3-7-28-16)20(17-6-4-8-29-17)30-22(19)24-12-23-21/h3-12H,1-2H3,(H,23,24,25). The van der Waals surface area contributed by atoms with Crippen LogP contribution in [0.2, 0.25) is 0 Å². The van der Waals surface area contributed by atoms with E-state index < -0.39 is 0 Å². The van der Waals surface area contributed by atoms with Gasteiger partial charge in [0.05, 0.1) is 37.7 Å². The fourth-order valence-electron chi connectivity index (χ4n) is 3.28. The molecular formula is C22H17N3O5. The van der Waals surface area contributed by atoms with Gasteiger partial charge in [-0.1, -0.05) is 0 Å². The molecule has 150 valence electrons. The second-order valence-electron chi connectivity index (χ2n) is 6.39. The van der Waals surface area contributed by atoms with E-state index in [1.807, 2.05) is 30.3 Å². The molecule has 0 amide bonds. The molecule has 30 heavy (non-hydrogen) atoms. The molecule has 0 fully saturated rings. The number of ether oxygens (including phenoxy) is 2. The number of rotatable bonds is 6. The molecule has 0 aliphatic carbocycles. The van der Waals surface area contributed by atoms with Crippen molar-refractivity contribution in [2.75, 3.05) is 19.5 Å². The van der Waals surface area contributed by atoms with E-state index >= 15 is 0 Å². The number of furan rings is 3. The van der Waals surface area contributed by atoms with Crippen LogP contribution in [0, 0.1) is 0 Å². The second kappa shape index (κ2) is 7.32. The van der Waals surface area contributed by atoms with Crippen LogP contribution < -0.4 is 14.8 Å². The average molecular weight is 403 g/mol. The first kappa shape index (κ1) is 17.9. The van der Waals surface area contributed by atoms with Gasteiger partial charge in [-0.05, 0) is 24.3 Å².